The van der Waals surface area contributed by atoms with E-state index in [0.717, 1.165) is 23.3 Å². The fraction of sp³-hybridized carbons (Fsp3) is 0.333. The van der Waals surface area contributed by atoms with Gasteiger partial charge in [-0.1, -0.05) is 29.8 Å². The van der Waals surface area contributed by atoms with Crippen LogP contribution >= 0.6 is 11.6 Å². The molecule has 0 aromatic heterocycles. The minimum Gasteiger partial charge on any atom is -0.325 e. The van der Waals surface area contributed by atoms with Gasteiger partial charge >= 0.3 is 6.18 Å². The van der Waals surface area contributed by atoms with Crippen LogP contribution in [0.15, 0.2) is 36.4 Å². The largest absolute Gasteiger partial charge is 0.417 e. The third kappa shape index (κ3) is 5.96. The van der Waals surface area contributed by atoms with E-state index in [4.69, 9.17) is 11.6 Å². The molecule has 5 nitrogen and oxygen atoms in total. The van der Waals surface area contributed by atoms with Crippen LogP contribution in [-0.2, 0) is 15.8 Å². The van der Waals surface area contributed by atoms with Gasteiger partial charge in [0.15, 0.2) is 0 Å². The summed E-state index contributed by atoms with van der Waals surface area (Å²) in [5.41, 5.74) is 1.49. The Labute approximate surface area is 178 Å². The first-order valence-corrected chi connectivity index (χ1v) is 9.52. The van der Waals surface area contributed by atoms with E-state index in [0.29, 0.717) is 5.69 Å². The van der Waals surface area contributed by atoms with Crippen LogP contribution < -0.4 is 10.6 Å². The molecule has 0 fully saturated rings. The number of hydrogen-bond acceptors (Lipinski definition) is 3. The van der Waals surface area contributed by atoms with E-state index >= 15 is 0 Å². The quantitative estimate of drug-likeness (QED) is 0.672. The molecule has 0 saturated carbocycles. The van der Waals surface area contributed by atoms with Crippen molar-refractivity contribution in [1.82, 2.24) is 4.90 Å². The Kier molecular flexibility index (Phi) is 7.49. The number of anilines is 2. The molecule has 162 valence electrons. The Morgan fingerprint density at radius 1 is 1.10 bits per heavy atom. The van der Waals surface area contributed by atoms with E-state index in [1.807, 2.05) is 32.0 Å². The number of para-hydroxylation sites is 1. The maximum absolute atomic E-state index is 13.0. The fourth-order valence-corrected chi connectivity index (χ4v) is 3.05. The van der Waals surface area contributed by atoms with Gasteiger partial charge in [0.2, 0.25) is 11.8 Å². The number of carbonyl (C=O) groups is 2. The standard InChI is InChI=1S/C21H23ClF3N3O2/c1-12-6-5-7-13(2)19(12)27-18(29)11-28(4)14(3)20(30)26-15-8-9-17(22)16(10-15)21(23,24)25/h5-10,14H,11H2,1-4H3,(H,26,30)(H,27,29). The Morgan fingerprint density at radius 2 is 1.70 bits per heavy atom. The lowest BCUT2D eigenvalue weighted by molar-refractivity contribution is -0.137. The lowest BCUT2D eigenvalue weighted by Crippen LogP contribution is -2.43. The van der Waals surface area contributed by atoms with Gasteiger partial charge in [0.1, 0.15) is 0 Å². The summed E-state index contributed by atoms with van der Waals surface area (Å²) in [6, 6.07) is 8.02. The average Bonchev–Trinajstić information content (AvgIpc) is 2.64. The Morgan fingerprint density at radius 3 is 2.27 bits per heavy atom. The second kappa shape index (κ2) is 9.49. The van der Waals surface area contributed by atoms with E-state index in [1.165, 1.54) is 11.0 Å². The SMILES string of the molecule is Cc1cccc(C)c1NC(=O)CN(C)C(C)C(=O)Nc1ccc(Cl)c(C(F)(F)F)c1. The first kappa shape index (κ1) is 23.7. The highest BCUT2D eigenvalue weighted by atomic mass is 35.5. The third-order valence-electron chi connectivity index (χ3n) is 4.72. The molecule has 0 aliphatic carbocycles. The molecule has 0 heterocycles. The van der Waals surface area contributed by atoms with Crippen molar-refractivity contribution in [3.05, 3.63) is 58.1 Å². The number of carbonyl (C=O) groups excluding carboxylic acids is 2. The van der Waals surface area contributed by atoms with Crippen LogP contribution in [0.2, 0.25) is 5.02 Å². The van der Waals surface area contributed by atoms with Crippen molar-refractivity contribution < 1.29 is 22.8 Å². The molecule has 0 spiro atoms. The molecule has 1 atom stereocenters. The molecule has 2 rings (SSSR count). The van der Waals surface area contributed by atoms with Crippen molar-refractivity contribution in [3.8, 4) is 0 Å². The zero-order chi connectivity index (χ0) is 22.6. The summed E-state index contributed by atoms with van der Waals surface area (Å²) in [6.45, 7) is 5.24. The predicted molar refractivity (Wildman–Crippen MR) is 112 cm³/mol. The highest BCUT2D eigenvalue weighted by molar-refractivity contribution is 6.31. The van der Waals surface area contributed by atoms with Crippen molar-refractivity contribution in [3.63, 3.8) is 0 Å². The Hall–Kier alpha value is -2.58. The molecule has 9 heteroatoms. The molecule has 2 aromatic carbocycles. The maximum atomic E-state index is 13.0. The molecule has 0 radical (unpaired) electrons. The van der Waals surface area contributed by atoms with Gasteiger partial charge in [0.25, 0.3) is 0 Å². The van der Waals surface area contributed by atoms with Gasteiger partial charge in [-0.15, -0.1) is 0 Å². The van der Waals surface area contributed by atoms with Gasteiger partial charge in [-0.25, -0.2) is 0 Å². The van der Waals surface area contributed by atoms with E-state index < -0.39 is 28.7 Å². The number of likely N-dealkylation sites (N-methyl/N-ethyl adjacent to an activating group) is 1. The normalized spacial score (nSPS) is 12.6. The van der Waals surface area contributed by atoms with Crippen LogP contribution in [-0.4, -0.2) is 36.3 Å². The molecule has 0 aliphatic heterocycles. The number of benzene rings is 2. The molecule has 0 bridgehead atoms. The minimum atomic E-state index is -4.63. The molecule has 2 aromatic rings. The van der Waals surface area contributed by atoms with Crippen molar-refractivity contribution in [2.45, 2.75) is 33.0 Å². The number of nitrogens with one attached hydrogen (secondary N) is 2. The number of hydrogen-bond donors (Lipinski definition) is 2. The number of aryl methyl sites for hydroxylation is 2. The zero-order valence-electron chi connectivity index (χ0n) is 17.0. The van der Waals surface area contributed by atoms with Crippen molar-refractivity contribution >= 4 is 34.8 Å². The molecule has 2 N–H and O–H groups in total. The van der Waals surface area contributed by atoms with Gasteiger partial charge in [-0.05, 0) is 57.1 Å². The summed E-state index contributed by atoms with van der Waals surface area (Å²) in [6.07, 6.45) is -4.63. The van der Waals surface area contributed by atoms with Crippen molar-refractivity contribution in [1.29, 1.82) is 0 Å². The summed E-state index contributed by atoms with van der Waals surface area (Å²) >= 11 is 5.59. The first-order valence-electron chi connectivity index (χ1n) is 9.14. The van der Waals surface area contributed by atoms with Crippen LogP contribution in [0.5, 0.6) is 0 Å². The number of amides is 2. The Balaban J connectivity index is 2.01. The summed E-state index contributed by atoms with van der Waals surface area (Å²) < 4.78 is 38.9. The lowest BCUT2D eigenvalue weighted by Gasteiger charge is -2.24. The highest BCUT2D eigenvalue weighted by Gasteiger charge is 2.33. The van der Waals surface area contributed by atoms with Crippen LogP contribution in [0.25, 0.3) is 0 Å². The number of halogens is 4. The smallest absolute Gasteiger partial charge is 0.325 e. The van der Waals surface area contributed by atoms with E-state index in [9.17, 15) is 22.8 Å². The number of rotatable bonds is 6. The average molecular weight is 442 g/mol. The highest BCUT2D eigenvalue weighted by Crippen LogP contribution is 2.36. The maximum Gasteiger partial charge on any atom is 0.417 e. The number of alkyl halides is 3. The van der Waals surface area contributed by atoms with Gasteiger partial charge in [-0.3, -0.25) is 14.5 Å². The van der Waals surface area contributed by atoms with Gasteiger partial charge in [0, 0.05) is 11.4 Å². The van der Waals surface area contributed by atoms with Crippen molar-refractivity contribution in [2.75, 3.05) is 24.2 Å². The van der Waals surface area contributed by atoms with Gasteiger partial charge in [-0.2, -0.15) is 13.2 Å². The van der Waals surface area contributed by atoms with E-state index in [1.54, 1.807) is 14.0 Å². The molecule has 0 saturated heterocycles. The topological polar surface area (TPSA) is 61.4 Å². The van der Waals surface area contributed by atoms with Gasteiger partial charge in [0.05, 0.1) is 23.2 Å². The number of nitrogens with zero attached hydrogens (tertiary/aromatic N) is 1. The molecule has 2 amide bonds. The Bertz CT molecular complexity index is 927. The fourth-order valence-electron chi connectivity index (χ4n) is 2.82. The van der Waals surface area contributed by atoms with Crippen LogP contribution in [0.3, 0.4) is 0 Å². The summed E-state index contributed by atoms with van der Waals surface area (Å²) in [7, 11) is 1.58. The first-order chi connectivity index (χ1) is 13.9. The van der Waals surface area contributed by atoms with Crippen molar-refractivity contribution in [2.24, 2.45) is 0 Å². The molecular weight excluding hydrogens is 419 g/mol. The minimum absolute atomic E-state index is 0.0306. The van der Waals surface area contributed by atoms with Crippen LogP contribution in [0.1, 0.15) is 23.6 Å². The molecular formula is C21H23ClF3N3O2. The van der Waals surface area contributed by atoms with Crippen LogP contribution in [0.4, 0.5) is 24.5 Å². The monoisotopic (exact) mass is 441 g/mol. The summed E-state index contributed by atoms with van der Waals surface area (Å²) in [5, 5.41) is 4.81. The van der Waals surface area contributed by atoms with E-state index in [-0.39, 0.29) is 18.1 Å². The predicted octanol–water partition coefficient (Wildman–Crippen LogP) is 4.87. The molecule has 0 aliphatic rings. The van der Waals surface area contributed by atoms with Gasteiger partial charge < -0.3 is 10.6 Å². The summed E-state index contributed by atoms with van der Waals surface area (Å²) in [4.78, 5) is 26.3. The zero-order valence-corrected chi connectivity index (χ0v) is 17.8. The molecule has 30 heavy (non-hydrogen) atoms. The summed E-state index contributed by atoms with van der Waals surface area (Å²) in [5.74, 6) is -0.854. The van der Waals surface area contributed by atoms with E-state index in [2.05, 4.69) is 10.6 Å². The third-order valence-corrected chi connectivity index (χ3v) is 5.05. The second-order valence-electron chi connectivity index (χ2n) is 7.09. The van der Waals surface area contributed by atoms with Crippen LogP contribution in [0, 0.1) is 13.8 Å². The lowest BCUT2D eigenvalue weighted by atomic mass is 10.1. The molecule has 1 unspecified atom stereocenters. The second-order valence-corrected chi connectivity index (χ2v) is 7.49.